The molecule has 0 bridgehead atoms. The van der Waals surface area contributed by atoms with Crippen LogP contribution in [0.3, 0.4) is 0 Å². The number of halogens is 3. The topological polar surface area (TPSA) is 86.8 Å². The van der Waals surface area contributed by atoms with Crippen LogP contribution in [0.25, 0.3) is 0 Å². The molecular formula is C29H32Cl2FN3O4S. The standard InChI is InChI=1S/C29H32Cl2FN3O4S/c1-4-20(2)33-29(37)27(16-21-9-6-5-7-10-21)34(18-22-13-14-25(30)26(31)15-22)28(36)19-35(40(3,38)39)24-12-8-11-23(32)17-24/h5-15,17,20,27H,4,16,18-19H2,1-3H3,(H,33,37). The monoisotopic (exact) mass is 607 g/mol. The Morgan fingerprint density at radius 3 is 2.25 bits per heavy atom. The van der Waals surface area contributed by atoms with E-state index in [9.17, 15) is 22.4 Å². The Morgan fingerprint density at radius 1 is 0.950 bits per heavy atom. The van der Waals surface area contributed by atoms with Crippen LogP contribution in [0.15, 0.2) is 72.8 Å². The summed E-state index contributed by atoms with van der Waals surface area (Å²) in [6.45, 7) is 3.09. The van der Waals surface area contributed by atoms with E-state index in [1.54, 1.807) is 18.2 Å². The van der Waals surface area contributed by atoms with Crippen LogP contribution in [0.1, 0.15) is 31.4 Å². The maximum absolute atomic E-state index is 14.0. The second-order valence-electron chi connectivity index (χ2n) is 9.54. The predicted molar refractivity (Wildman–Crippen MR) is 157 cm³/mol. The molecule has 2 amide bonds. The quantitative estimate of drug-likeness (QED) is 0.296. The summed E-state index contributed by atoms with van der Waals surface area (Å²) in [6, 6.07) is 17.9. The fourth-order valence-electron chi connectivity index (χ4n) is 4.07. The van der Waals surface area contributed by atoms with Crippen LogP contribution < -0.4 is 9.62 Å². The van der Waals surface area contributed by atoms with E-state index >= 15 is 0 Å². The lowest BCUT2D eigenvalue weighted by molar-refractivity contribution is -0.140. The van der Waals surface area contributed by atoms with E-state index in [-0.39, 0.29) is 35.6 Å². The summed E-state index contributed by atoms with van der Waals surface area (Å²) in [7, 11) is -4.00. The predicted octanol–water partition coefficient (Wildman–Crippen LogP) is 5.45. The zero-order valence-corrected chi connectivity index (χ0v) is 24.8. The van der Waals surface area contributed by atoms with Crippen molar-refractivity contribution in [3.8, 4) is 0 Å². The van der Waals surface area contributed by atoms with E-state index in [0.717, 1.165) is 22.2 Å². The molecular weight excluding hydrogens is 576 g/mol. The van der Waals surface area contributed by atoms with E-state index < -0.39 is 34.3 Å². The zero-order chi connectivity index (χ0) is 29.4. The van der Waals surface area contributed by atoms with Crippen molar-refractivity contribution in [2.24, 2.45) is 0 Å². The van der Waals surface area contributed by atoms with Gasteiger partial charge in [-0.25, -0.2) is 12.8 Å². The van der Waals surface area contributed by atoms with Crippen molar-refractivity contribution in [1.82, 2.24) is 10.2 Å². The Labute approximate surface area is 244 Å². The molecule has 2 atom stereocenters. The third kappa shape index (κ3) is 8.68. The van der Waals surface area contributed by atoms with Crippen LogP contribution in [0.2, 0.25) is 10.0 Å². The smallest absolute Gasteiger partial charge is 0.244 e. The molecule has 0 aliphatic carbocycles. The van der Waals surface area contributed by atoms with Gasteiger partial charge in [0.05, 0.1) is 22.0 Å². The lowest BCUT2D eigenvalue weighted by atomic mass is 10.0. The fraction of sp³-hybridized carbons (Fsp3) is 0.310. The molecule has 0 aliphatic rings. The summed E-state index contributed by atoms with van der Waals surface area (Å²) in [5, 5.41) is 3.55. The summed E-state index contributed by atoms with van der Waals surface area (Å²) in [4.78, 5) is 29.0. The Bertz CT molecular complexity index is 1440. The largest absolute Gasteiger partial charge is 0.352 e. The first-order valence-electron chi connectivity index (χ1n) is 12.7. The molecule has 11 heteroatoms. The van der Waals surface area contributed by atoms with Crippen molar-refractivity contribution in [3.63, 3.8) is 0 Å². The van der Waals surface area contributed by atoms with Gasteiger partial charge in [-0.3, -0.25) is 13.9 Å². The second-order valence-corrected chi connectivity index (χ2v) is 12.3. The van der Waals surface area contributed by atoms with Crippen LogP contribution in [0.4, 0.5) is 10.1 Å². The summed E-state index contributed by atoms with van der Waals surface area (Å²) < 4.78 is 40.3. The average molecular weight is 609 g/mol. The molecule has 0 fully saturated rings. The molecule has 1 N–H and O–H groups in total. The van der Waals surface area contributed by atoms with E-state index in [4.69, 9.17) is 23.2 Å². The van der Waals surface area contributed by atoms with E-state index in [1.165, 1.54) is 23.1 Å². The highest BCUT2D eigenvalue weighted by molar-refractivity contribution is 7.92. The Hall–Kier alpha value is -3.14. The van der Waals surface area contributed by atoms with Gasteiger partial charge < -0.3 is 10.2 Å². The van der Waals surface area contributed by atoms with Crippen LogP contribution in [-0.2, 0) is 32.6 Å². The van der Waals surface area contributed by atoms with Crippen molar-refractivity contribution in [1.29, 1.82) is 0 Å². The summed E-state index contributed by atoms with van der Waals surface area (Å²) in [6.07, 6.45) is 1.78. The number of benzene rings is 3. The minimum Gasteiger partial charge on any atom is -0.352 e. The number of rotatable bonds is 12. The second kappa shape index (κ2) is 14.0. The van der Waals surface area contributed by atoms with Gasteiger partial charge in [-0.15, -0.1) is 0 Å². The third-order valence-corrected chi connectivity index (χ3v) is 8.26. The van der Waals surface area contributed by atoms with Gasteiger partial charge in [0, 0.05) is 19.0 Å². The van der Waals surface area contributed by atoms with Crippen LogP contribution in [0, 0.1) is 5.82 Å². The Balaban J connectivity index is 2.08. The minimum atomic E-state index is -4.00. The van der Waals surface area contributed by atoms with Crippen LogP contribution in [-0.4, -0.2) is 50.0 Å². The van der Waals surface area contributed by atoms with Crippen LogP contribution >= 0.6 is 23.2 Å². The zero-order valence-electron chi connectivity index (χ0n) is 22.5. The molecule has 214 valence electrons. The van der Waals surface area contributed by atoms with E-state index in [1.807, 2.05) is 44.2 Å². The third-order valence-electron chi connectivity index (χ3n) is 6.38. The molecule has 0 aliphatic heterocycles. The molecule has 0 aromatic heterocycles. The average Bonchev–Trinajstić information content (AvgIpc) is 2.90. The van der Waals surface area contributed by atoms with Crippen molar-refractivity contribution in [3.05, 3.63) is 99.8 Å². The number of amides is 2. The SMILES string of the molecule is CCC(C)NC(=O)C(Cc1ccccc1)N(Cc1ccc(Cl)c(Cl)c1)C(=O)CN(c1cccc(F)c1)S(C)(=O)=O. The first kappa shape index (κ1) is 31.4. The van der Waals surface area contributed by atoms with Crippen molar-refractivity contribution in [2.45, 2.75) is 45.3 Å². The molecule has 0 radical (unpaired) electrons. The molecule has 2 unspecified atom stereocenters. The summed E-state index contributed by atoms with van der Waals surface area (Å²) in [5.74, 6) is -1.69. The fourth-order valence-corrected chi connectivity index (χ4v) is 5.24. The highest BCUT2D eigenvalue weighted by Crippen LogP contribution is 2.25. The molecule has 0 saturated carbocycles. The highest BCUT2D eigenvalue weighted by Gasteiger charge is 2.33. The number of carbonyl (C=O) groups is 2. The summed E-state index contributed by atoms with van der Waals surface area (Å²) in [5.41, 5.74) is 1.40. The number of nitrogens with one attached hydrogen (secondary N) is 1. The van der Waals surface area contributed by atoms with E-state index in [2.05, 4.69) is 5.32 Å². The number of hydrogen-bond acceptors (Lipinski definition) is 4. The first-order valence-corrected chi connectivity index (χ1v) is 15.3. The van der Waals surface area contributed by atoms with Gasteiger partial charge in [-0.05, 0) is 54.8 Å². The highest BCUT2D eigenvalue weighted by atomic mass is 35.5. The number of sulfonamides is 1. The number of hydrogen-bond donors (Lipinski definition) is 1. The molecule has 0 heterocycles. The van der Waals surface area contributed by atoms with Crippen molar-refractivity contribution < 1.29 is 22.4 Å². The lowest BCUT2D eigenvalue weighted by Crippen LogP contribution is -2.54. The maximum atomic E-state index is 14.0. The molecule has 40 heavy (non-hydrogen) atoms. The van der Waals surface area contributed by atoms with Gasteiger partial charge >= 0.3 is 0 Å². The maximum Gasteiger partial charge on any atom is 0.244 e. The molecule has 7 nitrogen and oxygen atoms in total. The van der Waals surface area contributed by atoms with E-state index in [0.29, 0.717) is 17.0 Å². The van der Waals surface area contributed by atoms with Gasteiger partial charge in [0.25, 0.3) is 0 Å². The van der Waals surface area contributed by atoms with Gasteiger partial charge in [0.1, 0.15) is 18.4 Å². The molecule has 0 saturated heterocycles. The number of anilines is 1. The van der Waals surface area contributed by atoms with Crippen LogP contribution in [0.5, 0.6) is 0 Å². The number of nitrogens with zero attached hydrogens (tertiary/aromatic N) is 2. The first-order chi connectivity index (χ1) is 18.9. The van der Waals surface area contributed by atoms with Gasteiger partial charge in [0.2, 0.25) is 21.8 Å². The Morgan fingerprint density at radius 2 is 1.65 bits per heavy atom. The molecule has 3 rings (SSSR count). The molecule has 3 aromatic carbocycles. The summed E-state index contributed by atoms with van der Waals surface area (Å²) >= 11 is 12.3. The van der Waals surface area contributed by atoms with Gasteiger partial charge in [-0.1, -0.05) is 72.6 Å². The molecule has 0 spiro atoms. The molecule has 3 aromatic rings. The minimum absolute atomic E-state index is 0.00555. The number of carbonyl (C=O) groups excluding carboxylic acids is 2. The van der Waals surface area contributed by atoms with Crippen molar-refractivity contribution >= 4 is 50.7 Å². The normalized spacial score (nSPS) is 12.8. The van der Waals surface area contributed by atoms with Gasteiger partial charge in [-0.2, -0.15) is 0 Å². The van der Waals surface area contributed by atoms with Gasteiger partial charge in [0.15, 0.2) is 0 Å². The lowest BCUT2D eigenvalue weighted by Gasteiger charge is -2.34. The Kier molecular flexibility index (Phi) is 11.0. The van der Waals surface area contributed by atoms with Crippen molar-refractivity contribution in [2.75, 3.05) is 17.1 Å².